The number of nitrogens with zero attached hydrogens (tertiary/aromatic N) is 3. The number of fused-ring (bicyclic) bond motifs is 1. The highest BCUT2D eigenvalue weighted by Gasteiger charge is 2.37. The Kier molecular flexibility index (Phi) is 6.40. The Bertz CT molecular complexity index is 1700. The van der Waals surface area contributed by atoms with E-state index >= 15 is 0 Å². The minimum absolute atomic E-state index is 0.222. The van der Waals surface area contributed by atoms with Crippen molar-refractivity contribution < 1.29 is 23.1 Å². The van der Waals surface area contributed by atoms with Gasteiger partial charge in [0.1, 0.15) is 22.8 Å². The van der Waals surface area contributed by atoms with Crippen molar-refractivity contribution in [2.45, 2.75) is 26.3 Å². The first kappa shape index (κ1) is 25.7. The number of esters is 1. The second-order valence-electron chi connectivity index (χ2n) is 9.52. The molecule has 0 aliphatic carbocycles. The number of cyclic esters (lactones) is 1. The lowest BCUT2D eigenvalue weighted by Crippen LogP contribution is -2.25. The number of ether oxygens (including phenoxy) is 1. The standard InChI is InChI=1S/C30H25FN4O4/c1-6-35(33-5)23-16-24-22(25(27(36)32-4)26(38-24)17-10-12-20(31)13-11-17)15-21(23)18-8-7-9-19(14-18)28-34-30(2,3)29(37)39-28/h7-16H,6H2,1-4H3,(H,32,36). The van der Waals surface area contributed by atoms with Gasteiger partial charge >= 0.3 is 5.97 Å². The predicted octanol–water partition coefficient (Wildman–Crippen LogP) is 6.01. The van der Waals surface area contributed by atoms with E-state index in [1.807, 2.05) is 31.2 Å². The van der Waals surface area contributed by atoms with Crippen LogP contribution in [0.3, 0.4) is 0 Å². The normalized spacial score (nSPS) is 14.1. The first-order valence-electron chi connectivity index (χ1n) is 12.3. The number of hydrogen-bond donors (Lipinski definition) is 1. The van der Waals surface area contributed by atoms with Crippen LogP contribution < -0.4 is 10.3 Å². The third kappa shape index (κ3) is 4.50. The topological polar surface area (TPSA) is 88.5 Å². The largest absolute Gasteiger partial charge is 0.455 e. The summed E-state index contributed by atoms with van der Waals surface area (Å²) < 4.78 is 25.2. The van der Waals surface area contributed by atoms with E-state index in [1.54, 1.807) is 38.1 Å². The molecule has 0 saturated carbocycles. The number of halogens is 1. The van der Waals surface area contributed by atoms with Gasteiger partial charge in [0, 0.05) is 35.2 Å². The number of rotatable bonds is 6. The SMILES string of the molecule is [C-]#[N+]N(CC)c1cc2oc(-c3ccc(F)cc3)c(C(=O)NC)c2cc1-c1cccc(C2=NC(C)(C)C(=O)O2)c1. The summed E-state index contributed by atoms with van der Waals surface area (Å²) in [7, 11) is 1.53. The van der Waals surface area contributed by atoms with Gasteiger partial charge in [0.25, 0.3) is 5.91 Å². The Morgan fingerprint density at radius 2 is 1.82 bits per heavy atom. The van der Waals surface area contributed by atoms with Crippen LogP contribution in [0.4, 0.5) is 10.1 Å². The molecular formula is C30H25FN4O4. The maximum absolute atomic E-state index is 13.6. The van der Waals surface area contributed by atoms with Crippen molar-refractivity contribution >= 4 is 34.4 Å². The van der Waals surface area contributed by atoms with E-state index in [4.69, 9.17) is 15.7 Å². The molecule has 0 unspecified atom stereocenters. The fourth-order valence-corrected chi connectivity index (χ4v) is 4.51. The molecule has 1 amide bonds. The summed E-state index contributed by atoms with van der Waals surface area (Å²) in [5, 5.41) is 4.69. The maximum Gasteiger partial charge on any atom is 0.340 e. The number of amides is 1. The Labute approximate surface area is 224 Å². The molecule has 2 heterocycles. The quantitative estimate of drug-likeness (QED) is 0.190. The van der Waals surface area contributed by atoms with Crippen LogP contribution in [0.25, 0.3) is 38.4 Å². The lowest BCUT2D eigenvalue weighted by atomic mass is 9.97. The zero-order valence-corrected chi connectivity index (χ0v) is 21.8. The Morgan fingerprint density at radius 1 is 1.10 bits per heavy atom. The highest BCUT2D eigenvalue weighted by Crippen LogP contribution is 2.41. The fraction of sp³-hybridized carbons (Fsp3) is 0.200. The number of aliphatic imine (C=N–C) groups is 1. The van der Waals surface area contributed by atoms with E-state index in [2.05, 4.69) is 15.3 Å². The third-order valence-electron chi connectivity index (χ3n) is 6.56. The van der Waals surface area contributed by atoms with Crippen molar-refractivity contribution in [2.24, 2.45) is 4.99 Å². The molecule has 0 bridgehead atoms. The monoisotopic (exact) mass is 524 g/mol. The zero-order chi connectivity index (χ0) is 27.9. The molecule has 196 valence electrons. The van der Waals surface area contributed by atoms with Gasteiger partial charge in [-0.05, 0) is 68.8 Å². The van der Waals surface area contributed by atoms with E-state index < -0.39 is 17.3 Å². The molecule has 39 heavy (non-hydrogen) atoms. The number of nitrogens with one attached hydrogen (secondary N) is 1. The summed E-state index contributed by atoms with van der Waals surface area (Å²) in [4.78, 5) is 33.4. The molecule has 5 rings (SSSR count). The van der Waals surface area contributed by atoms with Crippen molar-refractivity contribution in [3.8, 4) is 22.5 Å². The predicted molar refractivity (Wildman–Crippen MR) is 147 cm³/mol. The molecule has 0 fully saturated rings. The van der Waals surface area contributed by atoms with Gasteiger partial charge in [0.15, 0.2) is 5.54 Å². The molecule has 3 aromatic carbocycles. The second-order valence-corrected chi connectivity index (χ2v) is 9.52. The average molecular weight is 525 g/mol. The molecular weight excluding hydrogens is 499 g/mol. The van der Waals surface area contributed by atoms with Crippen molar-refractivity contribution in [1.29, 1.82) is 0 Å². The highest BCUT2D eigenvalue weighted by molar-refractivity contribution is 6.13. The number of benzene rings is 3. The number of furan rings is 1. The number of carbonyl (C=O) groups excluding carboxylic acids is 2. The highest BCUT2D eigenvalue weighted by atomic mass is 19.1. The van der Waals surface area contributed by atoms with Gasteiger partial charge in [0.2, 0.25) is 5.90 Å². The van der Waals surface area contributed by atoms with Gasteiger partial charge in [0.05, 0.1) is 12.1 Å². The van der Waals surface area contributed by atoms with Gasteiger partial charge < -0.3 is 14.5 Å². The molecule has 0 saturated heterocycles. The summed E-state index contributed by atoms with van der Waals surface area (Å²) in [6, 6.07) is 16.5. The maximum atomic E-state index is 13.6. The van der Waals surface area contributed by atoms with E-state index in [0.717, 1.165) is 5.56 Å². The number of carbonyl (C=O) groups is 2. The molecule has 0 radical (unpaired) electrons. The van der Waals surface area contributed by atoms with Gasteiger partial charge in [-0.25, -0.2) is 14.2 Å². The van der Waals surface area contributed by atoms with Crippen LogP contribution in [0.2, 0.25) is 0 Å². The van der Waals surface area contributed by atoms with Gasteiger partial charge in [-0.15, -0.1) is 0 Å². The van der Waals surface area contributed by atoms with Crippen LogP contribution in [0.15, 0.2) is 70.1 Å². The average Bonchev–Trinajstić information content (AvgIpc) is 3.44. The summed E-state index contributed by atoms with van der Waals surface area (Å²) in [5.74, 6) is -0.691. The zero-order valence-electron chi connectivity index (χ0n) is 21.8. The number of hydrogen-bond acceptors (Lipinski definition) is 6. The molecule has 8 nitrogen and oxygen atoms in total. The summed E-state index contributed by atoms with van der Waals surface area (Å²) in [6.45, 7) is 13.4. The lowest BCUT2D eigenvalue weighted by molar-refractivity contribution is -0.137. The molecule has 9 heteroatoms. The van der Waals surface area contributed by atoms with Gasteiger partial charge in [-0.1, -0.05) is 17.1 Å². The van der Waals surface area contributed by atoms with E-state index in [9.17, 15) is 14.0 Å². The second kappa shape index (κ2) is 9.72. The van der Waals surface area contributed by atoms with Crippen molar-refractivity contribution in [1.82, 2.24) is 5.32 Å². The van der Waals surface area contributed by atoms with Crippen LogP contribution in [0.1, 0.15) is 36.7 Å². The molecule has 1 aliphatic heterocycles. The summed E-state index contributed by atoms with van der Waals surface area (Å²) in [5.41, 5.74) is 2.84. The van der Waals surface area contributed by atoms with Crippen LogP contribution in [-0.4, -0.2) is 36.9 Å². The molecule has 1 N–H and O–H groups in total. The molecule has 1 aromatic heterocycles. The molecule has 0 atom stereocenters. The van der Waals surface area contributed by atoms with Crippen LogP contribution in [0.5, 0.6) is 0 Å². The van der Waals surface area contributed by atoms with Crippen LogP contribution >= 0.6 is 0 Å². The Balaban J connectivity index is 1.76. The first-order valence-corrected chi connectivity index (χ1v) is 12.3. The molecule has 4 aromatic rings. The van der Waals surface area contributed by atoms with E-state index in [1.165, 1.54) is 24.2 Å². The van der Waals surface area contributed by atoms with Gasteiger partial charge in [-0.2, -0.15) is 11.5 Å². The van der Waals surface area contributed by atoms with Crippen LogP contribution in [-0.2, 0) is 9.53 Å². The minimum Gasteiger partial charge on any atom is -0.455 e. The van der Waals surface area contributed by atoms with Gasteiger partial charge in [-0.3, -0.25) is 4.79 Å². The molecule has 0 spiro atoms. The fourth-order valence-electron chi connectivity index (χ4n) is 4.51. The summed E-state index contributed by atoms with van der Waals surface area (Å²) in [6.07, 6.45) is 0. The Hall–Kier alpha value is -4.97. The van der Waals surface area contributed by atoms with Crippen LogP contribution in [0, 0.1) is 12.4 Å². The minimum atomic E-state index is -0.978. The van der Waals surface area contributed by atoms with Crippen molar-refractivity contribution in [3.63, 3.8) is 0 Å². The molecule has 1 aliphatic rings. The first-order chi connectivity index (χ1) is 18.7. The van der Waals surface area contributed by atoms with E-state index in [-0.39, 0.29) is 11.8 Å². The van der Waals surface area contributed by atoms with Crippen molar-refractivity contribution in [2.75, 3.05) is 18.6 Å². The lowest BCUT2D eigenvalue weighted by Gasteiger charge is -2.14. The smallest absolute Gasteiger partial charge is 0.340 e. The Morgan fingerprint density at radius 3 is 2.44 bits per heavy atom. The van der Waals surface area contributed by atoms with E-state index in [0.29, 0.717) is 51.2 Å². The number of anilines is 1. The third-order valence-corrected chi connectivity index (χ3v) is 6.56. The summed E-state index contributed by atoms with van der Waals surface area (Å²) >= 11 is 0. The van der Waals surface area contributed by atoms with Crippen molar-refractivity contribution in [3.05, 3.63) is 89.1 Å².